The lowest BCUT2D eigenvalue weighted by Gasteiger charge is -2.27. The topological polar surface area (TPSA) is 110 Å². The van der Waals surface area contributed by atoms with Crippen molar-refractivity contribution in [3.05, 3.63) is 65.2 Å². The van der Waals surface area contributed by atoms with Crippen LogP contribution >= 0.6 is 0 Å². The summed E-state index contributed by atoms with van der Waals surface area (Å²) in [5.41, 5.74) is 2.37. The van der Waals surface area contributed by atoms with E-state index in [0.717, 1.165) is 11.1 Å². The molecule has 0 radical (unpaired) electrons. The van der Waals surface area contributed by atoms with Crippen LogP contribution in [0.3, 0.4) is 0 Å². The third-order valence-corrected chi connectivity index (χ3v) is 5.21. The SMILES string of the molecule is NS(=O)(=O)c1ccc(CCNC(=O)N2CCc3ccccc3C2=O)cc1. The monoisotopic (exact) mass is 373 g/mol. The van der Waals surface area contributed by atoms with E-state index in [1.807, 2.05) is 12.1 Å². The fourth-order valence-electron chi connectivity index (χ4n) is 2.87. The maximum Gasteiger partial charge on any atom is 0.324 e. The van der Waals surface area contributed by atoms with Crippen LogP contribution in [0, 0.1) is 0 Å². The highest BCUT2D eigenvalue weighted by molar-refractivity contribution is 7.89. The van der Waals surface area contributed by atoms with Crippen LogP contribution in [-0.4, -0.2) is 38.3 Å². The number of benzene rings is 2. The van der Waals surface area contributed by atoms with Crippen molar-refractivity contribution in [2.75, 3.05) is 13.1 Å². The molecule has 2 aromatic carbocycles. The van der Waals surface area contributed by atoms with Crippen molar-refractivity contribution >= 4 is 22.0 Å². The second kappa shape index (κ2) is 7.27. The van der Waals surface area contributed by atoms with E-state index in [0.29, 0.717) is 31.5 Å². The van der Waals surface area contributed by atoms with Crippen molar-refractivity contribution < 1.29 is 18.0 Å². The Morgan fingerprint density at radius 1 is 1.12 bits per heavy atom. The number of hydrogen-bond donors (Lipinski definition) is 2. The molecule has 0 aromatic heterocycles. The number of nitrogens with one attached hydrogen (secondary N) is 1. The Bertz CT molecular complexity index is 939. The van der Waals surface area contributed by atoms with Gasteiger partial charge in [0.25, 0.3) is 5.91 Å². The molecule has 3 N–H and O–H groups in total. The summed E-state index contributed by atoms with van der Waals surface area (Å²) in [5.74, 6) is -0.290. The van der Waals surface area contributed by atoms with E-state index < -0.39 is 16.1 Å². The molecule has 2 aromatic rings. The molecule has 8 heteroatoms. The first kappa shape index (κ1) is 18.1. The molecule has 26 heavy (non-hydrogen) atoms. The first-order chi connectivity index (χ1) is 12.4. The number of carbonyl (C=O) groups is 2. The number of primary sulfonamides is 1. The molecule has 1 heterocycles. The molecule has 0 fully saturated rings. The standard InChI is InChI=1S/C18H19N3O4S/c19-26(24,25)15-7-5-13(6-8-15)9-11-20-18(23)21-12-10-14-3-1-2-4-16(14)17(21)22/h1-8H,9-12H2,(H,20,23)(H2,19,24,25). The second-order valence-electron chi connectivity index (χ2n) is 6.03. The minimum atomic E-state index is -3.71. The van der Waals surface area contributed by atoms with Crippen molar-refractivity contribution in [1.29, 1.82) is 0 Å². The van der Waals surface area contributed by atoms with E-state index in [9.17, 15) is 18.0 Å². The van der Waals surface area contributed by atoms with Gasteiger partial charge >= 0.3 is 6.03 Å². The summed E-state index contributed by atoms with van der Waals surface area (Å²) in [5, 5.41) is 7.78. The number of imide groups is 1. The number of carbonyl (C=O) groups excluding carboxylic acids is 2. The Balaban J connectivity index is 1.56. The van der Waals surface area contributed by atoms with E-state index in [1.165, 1.54) is 17.0 Å². The summed E-state index contributed by atoms with van der Waals surface area (Å²) in [4.78, 5) is 26.0. The summed E-state index contributed by atoms with van der Waals surface area (Å²) in [6, 6.07) is 13.0. The van der Waals surface area contributed by atoms with Crippen LogP contribution in [0.1, 0.15) is 21.5 Å². The largest absolute Gasteiger partial charge is 0.337 e. The Kier molecular flexibility index (Phi) is 5.06. The summed E-state index contributed by atoms with van der Waals surface area (Å²) in [7, 11) is -3.71. The van der Waals surface area contributed by atoms with Gasteiger partial charge in [-0.3, -0.25) is 9.69 Å². The molecule has 1 aliphatic rings. The Hall–Kier alpha value is -2.71. The van der Waals surface area contributed by atoms with Gasteiger partial charge in [0.2, 0.25) is 10.0 Å². The number of rotatable bonds is 4. The first-order valence-electron chi connectivity index (χ1n) is 8.15. The van der Waals surface area contributed by atoms with Crippen molar-refractivity contribution in [3.63, 3.8) is 0 Å². The average Bonchev–Trinajstić information content (AvgIpc) is 2.62. The number of nitrogens with zero attached hydrogens (tertiary/aromatic N) is 1. The van der Waals surface area contributed by atoms with Crippen LogP contribution < -0.4 is 10.5 Å². The number of sulfonamides is 1. The van der Waals surface area contributed by atoms with Gasteiger partial charge in [0, 0.05) is 18.7 Å². The van der Waals surface area contributed by atoms with Crippen LogP contribution in [0.4, 0.5) is 4.79 Å². The van der Waals surface area contributed by atoms with Crippen LogP contribution in [0.25, 0.3) is 0 Å². The van der Waals surface area contributed by atoms with Gasteiger partial charge in [-0.2, -0.15) is 0 Å². The van der Waals surface area contributed by atoms with Crippen molar-refractivity contribution in [3.8, 4) is 0 Å². The molecule has 0 spiro atoms. The zero-order valence-corrected chi connectivity index (χ0v) is 14.8. The Labute approximate surface area is 151 Å². The number of urea groups is 1. The highest BCUT2D eigenvalue weighted by Gasteiger charge is 2.28. The highest BCUT2D eigenvalue weighted by Crippen LogP contribution is 2.18. The van der Waals surface area contributed by atoms with Gasteiger partial charge in [-0.05, 0) is 42.2 Å². The maximum atomic E-state index is 12.4. The lowest BCUT2D eigenvalue weighted by molar-refractivity contribution is 0.0787. The second-order valence-corrected chi connectivity index (χ2v) is 7.60. The van der Waals surface area contributed by atoms with Gasteiger partial charge in [0.05, 0.1) is 4.90 Å². The van der Waals surface area contributed by atoms with Crippen LogP contribution in [0.5, 0.6) is 0 Å². The van der Waals surface area contributed by atoms with Crippen LogP contribution in [0.15, 0.2) is 53.4 Å². The predicted octanol–water partition coefficient (Wildman–Crippen LogP) is 1.28. The smallest absolute Gasteiger partial charge is 0.324 e. The zero-order chi connectivity index (χ0) is 18.7. The van der Waals surface area contributed by atoms with Gasteiger partial charge in [0.1, 0.15) is 0 Å². The van der Waals surface area contributed by atoms with Gasteiger partial charge < -0.3 is 5.32 Å². The zero-order valence-electron chi connectivity index (χ0n) is 14.0. The van der Waals surface area contributed by atoms with E-state index >= 15 is 0 Å². The lowest BCUT2D eigenvalue weighted by Crippen LogP contribution is -2.47. The molecule has 3 rings (SSSR count). The lowest BCUT2D eigenvalue weighted by atomic mass is 9.99. The molecule has 0 aliphatic carbocycles. The normalized spacial score (nSPS) is 14.0. The molecule has 0 saturated carbocycles. The van der Waals surface area contributed by atoms with Crippen molar-refractivity contribution in [1.82, 2.24) is 10.2 Å². The van der Waals surface area contributed by atoms with Crippen molar-refractivity contribution in [2.24, 2.45) is 5.14 Å². The summed E-state index contributed by atoms with van der Waals surface area (Å²) >= 11 is 0. The van der Waals surface area contributed by atoms with E-state index in [4.69, 9.17) is 5.14 Å². The quantitative estimate of drug-likeness (QED) is 0.841. The molecular weight excluding hydrogens is 354 g/mol. The number of fused-ring (bicyclic) bond motifs is 1. The Morgan fingerprint density at radius 3 is 2.50 bits per heavy atom. The molecule has 7 nitrogen and oxygen atoms in total. The fraction of sp³-hybridized carbons (Fsp3) is 0.222. The molecule has 1 aliphatic heterocycles. The van der Waals surface area contributed by atoms with Gasteiger partial charge in [-0.15, -0.1) is 0 Å². The molecule has 136 valence electrons. The van der Waals surface area contributed by atoms with E-state index in [2.05, 4.69) is 5.32 Å². The highest BCUT2D eigenvalue weighted by atomic mass is 32.2. The van der Waals surface area contributed by atoms with Gasteiger partial charge in [-0.25, -0.2) is 18.4 Å². The third kappa shape index (κ3) is 3.92. The van der Waals surface area contributed by atoms with E-state index in [1.54, 1.807) is 24.3 Å². The minimum absolute atomic E-state index is 0.0443. The molecule has 0 atom stereocenters. The first-order valence-corrected chi connectivity index (χ1v) is 9.70. The Morgan fingerprint density at radius 2 is 1.81 bits per heavy atom. The molecule has 3 amide bonds. The number of amides is 3. The van der Waals surface area contributed by atoms with Gasteiger partial charge in [-0.1, -0.05) is 30.3 Å². The number of nitrogens with two attached hydrogens (primary N) is 1. The molecule has 0 bridgehead atoms. The summed E-state index contributed by atoms with van der Waals surface area (Å²) < 4.78 is 22.4. The van der Waals surface area contributed by atoms with Crippen LogP contribution in [0.2, 0.25) is 0 Å². The summed E-state index contributed by atoms with van der Waals surface area (Å²) in [6.45, 7) is 0.684. The number of hydrogen-bond acceptors (Lipinski definition) is 4. The van der Waals surface area contributed by atoms with Gasteiger partial charge in [0.15, 0.2) is 0 Å². The third-order valence-electron chi connectivity index (χ3n) is 4.28. The molecule has 0 unspecified atom stereocenters. The average molecular weight is 373 g/mol. The van der Waals surface area contributed by atoms with Crippen LogP contribution in [-0.2, 0) is 22.9 Å². The summed E-state index contributed by atoms with van der Waals surface area (Å²) in [6.07, 6.45) is 1.15. The van der Waals surface area contributed by atoms with E-state index in [-0.39, 0.29) is 10.8 Å². The molecule has 0 saturated heterocycles. The molecular formula is C18H19N3O4S. The fourth-order valence-corrected chi connectivity index (χ4v) is 3.39. The predicted molar refractivity (Wildman–Crippen MR) is 96.1 cm³/mol. The minimum Gasteiger partial charge on any atom is -0.337 e. The maximum absolute atomic E-state index is 12.4. The van der Waals surface area contributed by atoms with Crippen molar-refractivity contribution in [2.45, 2.75) is 17.7 Å².